The van der Waals surface area contributed by atoms with Crippen LogP contribution in [-0.4, -0.2) is 48.4 Å². The lowest BCUT2D eigenvalue weighted by Gasteiger charge is -2.31. The number of ether oxygens (including phenoxy) is 1. The zero-order valence-corrected chi connectivity index (χ0v) is 9.50. The van der Waals surface area contributed by atoms with Crippen molar-refractivity contribution in [2.45, 2.75) is 6.04 Å². The molecule has 2 rings (SSSR count). The number of rotatable bonds is 3. The predicted octanol–water partition coefficient (Wildman–Crippen LogP) is 1.02. The molecule has 0 saturated carbocycles. The van der Waals surface area contributed by atoms with Crippen LogP contribution in [0, 0.1) is 0 Å². The molecule has 0 spiro atoms. The van der Waals surface area contributed by atoms with Gasteiger partial charge in [0.05, 0.1) is 6.04 Å². The van der Waals surface area contributed by atoms with Crippen LogP contribution in [-0.2, 0) is 0 Å². The molecule has 1 amide bonds. The first kappa shape index (κ1) is 11.7. The molecule has 1 fully saturated rings. The molecule has 1 aliphatic heterocycles. The molecule has 1 aromatic rings. The largest absolute Gasteiger partial charge is 0.492 e. The minimum Gasteiger partial charge on any atom is -0.492 e. The van der Waals surface area contributed by atoms with Crippen LogP contribution in [0.3, 0.4) is 0 Å². The number of amides is 1. The Labute approximate surface area is 100.0 Å². The van der Waals surface area contributed by atoms with Gasteiger partial charge < -0.3 is 20.1 Å². The summed E-state index contributed by atoms with van der Waals surface area (Å²) in [6.07, 6.45) is -0.865. The Hall–Kier alpha value is -1.75. The number of carbonyl (C=O) groups is 1. The van der Waals surface area contributed by atoms with Gasteiger partial charge in [0.1, 0.15) is 12.4 Å². The van der Waals surface area contributed by atoms with Gasteiger partial charge >= 0.3 is 6.09 Å². The second kappa shape index (κ2) is 5.54. The summed E-state index contributed by atoms with van der Waals surface area (Å²) in [6.45, 7) is 2.17. The Balaban J connectivity index is 1.81. The molecule has 1 aliphatic rings. The average Bonchev–Trinajstić information content (AvgIpc) is 2.38. The second-order valence-electron chi connectivity index (χ2n) is 4.00. The molecule has 0 aromatic heterocycles. The standard InChI is InChI=1S/C12H16N2O3/c15-12(16)14-7-6-13-10(8-14)9-17-11-4-2-1-3-5-11/h1-5,10,13H,6-9H2,(H,15,16)/t10-/m0/s1. The third-order valence-corrected chi connectivity index (χ3v) is 2.72. The number of hydrogen-bond acceptors (Lipinski definition) is 3. The van der Waals surface area contributed by atoms with Gasteiger partial charge in [0.15, 0.2) is 0 Å². The van der Waals surface area contributed by atoms with E-state index in [0.717, 1.165) is 5.75 Å². The minimum absolute atomic E-state index is 0.0556. The molecule has 0 aliphatic carbocycles. The highest BCUT2D eigenvalue weighted by atomic mass is 16.5. The maximum absolute atomic E-state index is 10.8. The molecule has 92 valence electrons. The molecule has 5 nitrogen and oxygen atoms in total. The van der Waals surface area contributed by atoms with Gasteiger partial charge in [-0.15, -0.1) is 0 Å². The molecule has 1 atom stereocenters. The fraction of sp³-hybridized carbons (Fsp3) is 0.417. The molecule has 1 heterocycles. The monoisotopic (exact) mass is 236 g/mol. The number of carboxylic acid groups (broad SMARTS) is 1. The van der Waals surface area contributed by atoms with Crippen LogP contribution in [0.15, 0.2) is 30.3 Å². The molecule has 1 saturated heterocycles. The van der Waals surface area contributed by atoms with E-state index in [1.807, 2.05) is 30.3 Å². The van der Waals surface area contributed by atoms with E-state index in [1.165, 1.54) is 4.90 Å². The van der Waals surface area contributed by atoms with Gasteiger partial charge in [-0.1, -0.05) is 18.2 Å². The predicted molar refractivity (Wildman–Crippen MR) is 63.3 cm³/mol. The summed E-state index contributed by atoms with van der Waals surface area (Å²) in [5.74, 6) is 0.807. The highest BCUT2D eigenvalue weighted by Crippen LogP contribution is 2.09. The van der Waals surface area contributed by atoms with Crippen molar-refractivity contribution < 1.29 is 14.6 Å². The van der Waals surface area contributed by atoms with Gasteiger partial charge in [-0.25, -0.2) is 4.79 Å². The number of para-hydroxylation sites is 1. The molecule has 5 heteroatoms. The van der Waals surface area contributed by atoms with Crippen molar-refractivity contribution in [1.82, 2.24) is 10.2 Å². The molecule has 0 unspecified atom stereocenters. The molecule has 1 aromatic carbocycles. The molecule has 2 N–H and O–H groups in total. The summed E-state index contributed by atoms with van der Waals surface area (Å²) >= 11 is 0. The first-order chi connectivity index (χ1) is 8.25. The average molecular weight is 236 g/mol. The topological polar surface area (TPSA) is 61.8 Å². The summed E-state index contributed by atoms with van der Waals surface area (Å²) in [4.78, 5) is 12.2. The van der Waals surface area contributed by atoms with Gasteiger partial charge in [0, 0.05) is 19.6 Å². The van der Waals surface area contributed by atoms with Crippen molar-refractivity contribution in [2.75, 3.05) is 26.2 Å². The van der Waals surface area contributed by atoms with Gasteiger partial charge in [-0.3, -0.25) is 0 Å². The number of nitrogens with one attached hydrogen (secondary N) is 1. The molecule has 17 heavy (non-hydrogen) atoms. The van der Waals surface area contributed by atoms with Crippen molar-refractivity contribution in [3.8, 4) is 5.75 Å². The Bertz CT molecular complexity index is 369. The lowest BCUT2D eigenvalue weighted by atomic mass is 10.2. The number of piperazine rings is 1. The van der Waals surface area contributed by atoms with Gasteiger partial charge in [-0.05, 0) is 12.1 Å². The first-order valence-electron chi connectivity index (χ1n) is 5.65. The minimum atomic E-state index is -0.865. The van der Waals surface area contributed by atoms with Crippen LogP contribution < -0.4 is 10.1 Å². The van der Waals surface area contributed by atoms with E-state index < -0.39 is 6.09 Å². The van der Waals surface area contributed by atoms with Crippen molar-refractivity contribution >= 4 is 6.09 Å². The lowest BCUT2D eigenvalue weighted by molar-refractivity contribution is 0.118. The third-order valence-electron chi connectivity index (χ3n) is 2.72. The number of hydrogen-bond donors (Lipinski definition) is 2. The maximum atomic E-state index is 10.8. The second-order valence-corrected chi connectivity index (χ2v) is 4.00. The van der Waals surface area contributed by atoms with E-state index in [2.05, 4.69) is 5.32 Å². The molecule has 0 bridgehead atoms. The zero-order valence-electron chi connectivity index (χ0n) is 9.50. The fourth-order valence-corrected chi connectivity index (χ4v) is 1.82. The summed E-state index contributed by atoms with van der Waals surface area (Å²) in [5, 5.41) is 12.1. The number of nitrogens with zero attached hydrogens (tertiary/aromatic N) is 1. The Kier molecular flexibility index (Phi) is 3.82. The zero-order chi connectivity index (χ0) is 12.1. The van der Waals surface area contributed by atoms with Crippen molar-refractivity contribution in [3.05, 3.63) is 30.3 Å². The smallest absolute Gasteiger partial charge is 0.407 e. The third kappa shape index (κ3) is 3.35. The van der Waals surface area contributed by atoms with Crippen molar-refractivity contribution in [2.24, 2.45) is 0 Å². The summed E-state index contributed by atoms with van der Waals surface area (Å²) < 4.78 is 5.59. The quantitative estimate of drug-likeness (QED) is 0.822. The van der Waals surface area contributed by atoms with E-state index in [1.54, 1.807) is 0 Å². The van der Waals surface area contributed by atoms with Crippen LogP contribution in [0.25, 0.3) is 0 Å². The van der Waals surface area contributed by atoms with Crippen LogP contribution in [0.4, 0.5) is 4.79 Å². The summed E-state index contributed by atoms with van der Waals surface area (Å²) in [6, 6.07) is 9.58. The van der Waals surface area contributed by atoms with Crippen molar-refractivity contribution in [1.29, 1.82) is 0 Å². The van der Waals surface area contributed by atoms with Crippen LogP contribution >= 0.6 is 0 Å². The van der Waals surface area contributed by atoms with Gasteiger partial charge in [-0.2, -0.15) is 0 Å². The van der Waals surface area contributed by atoms with Crippen LogP contribution in [0.1, 0.15) is 0 Å². The molecular weight excluding hydrogens is 220 g/mol. The van der Waals surface area contributed by atoms with E-state index in [0.29, 0.717) is 26.2 Å². The van der Waals surface area contributed by atoms with E-state index in [-0.39, 0.29) is 6.04 Å². The number of benzene rings is 1. The Morgan fingerprint density at radius 2 is 2.24 bits per heavy atom. The highest BCUT2D eigenvalue weighted by molar-refractivity contribution is 5.65. The van der Waals surface area contributed by atoms with E-state index in [9.17, 15) is 4.79 Å². The normalized spacial score (nSPS) is 20.0. The van der Waals surface area contributed by atoms with Crippen LogP contribution in [0.2, 0.25) is 0 Å². The van der Waals surface area contributed by atoms with Gasteiger partial charge in [0.25, 0.3) is 0 Å². The molecule has 0 radical (unpaired) electrons. The van der Waals surface area contributed by atoms with Crippen LogP contribution in [0.5, 0.6) is 5.75 Å². The first-order valence-corrected chi connectivity index (χ1v) is 5.65. The maximum Gasteiger partial charge on any atom is 0.407 e. The van der Waals surface area contributed by atoms with E-state index >= 15 is 0 Å². The Morgan fingerprint density at radius 3 is 2.94 bits per heavy atom. The molecular formula is C12H16N2O3. The van der Waals surface area contributed by atoms with Crippen molar-refractivity contribution in [3.63, 3.8) is 0 Å². The Morgan fingerprint density at radius 1 is 1.47 bits per heavy atom. The lowest BCUT2D eigenvalue weighted by Crippen LogP contribution is -2.54. The highest BCUT2D eigenvalue weighted by Gasteiger charge is 2.22. The summed E-state index contributed by atoms with van der Waals surface area (Å²) in [7, 11) is 0. The van der Waals surface area contributed by atoms with Gasteiger partial charge in [0.2, 0.25) is 0 Å². The SMILES string of the molecule is O=C(O)N1CCN[C@H](COc2ccccc2)C1. The van der Waals surface area contributed by atoms with E-state index in [4.69, 9.17) is 9.84 Å². The fourth-order valence-electron chi connectivity index (χ4n) is 1.82. The summed E-state index contributed by atoms with van der Waals surface area (Å²) in [5.41, 5.74) is 0.